The fraction of sp³-hybridized carbons (Fsp3) is 0.312. The molecule has 0 radical (unpaired) electrons. The van der Waals surface area contributed by atoms with Crippen LogP contribution in [0.5, 0.6) is 0 Å². The molecule has 0 saturated carbocycles. The third-order valence-corrected chi connectivity index (χ3v) is 5.39. The van der Waals surface area contributed by atoms with Gasteiger partial charge in [-0.15, -0.1) is 23.5 Å². The van der Waals surface area contributed by atoms with Crippen LogP contribution in [0.3, 0.4) is 0 Å². The van der Waals surface area contributed by atoms with Crippen LogP contribution in [0.2, 0.25) is 0 Å². The van der Waals surface area contributed by atoms with Crippen molar-refractivity contribution >= 4 is 40.5 Å². The summed E-state index contributed by atoms with van der Waals surface area (Å²) in [5, 5.41) is 21.0. The number of aliphatic hydroxyl groups is 1. The average molecular weight is 337 g/mol. The summed E-state index contributed by atoms with van der Waals surface area (Å²) in [6, 6.07) is 9.15. The van der Waals surface area contributed by atoms with Crippen LogP contribution in [-0.2, 0) is 6.42 Å². The van der Waals surface area contributed by atoms with Crippen LogP contribution in [0.4, 0.5) is 4.79 Å². The Morgan fingerprint density at radius 1 is 1.32 bits per heavy atom. The Kier molecular flexibility index (Phi) is 5.26. The summed E-state index contributed by atoms with van der Waals surface area (Å²) < 4.78 is 2.25. The Labute approximate surface area is 138 Å². The normalized spacial score (nSPS) is 13.8. The van der Waals surface area contributed by atoms with Gasteiger partial charge >= 0.3 is 6.09 Å². The quantitative estimate of drug-likeness (QED) is 0.862. The molecule has 0 bridgehead atoms. The lowest BCUT2D eigenvalue weighted by Gasteiger charge is -2.20. The van der Waals surface area contributed by atoms with Gasteiger partial charge in [-0.3, -0.25) is 0 Å². The predicted molar refractivity (Wildman–Crippen MR) is 94.8 cm³/mol. The van der Waals surface area contributed by atoms with Gasteiger partial charge in [0.25, 0.3) is 0 Å². The van der Waals surface area contributed by atoms with Gasteiger partial charge in [-0.25, -0.2) is 9.36 Å². The number of nitrogens with zero attached hydrogens (tertiary/aromatic N) is 1. The van der Waals surface area contributed by atoms with E-state index >= 15 is 0 Å². The number of rotatable bonds is 5. The highest BCUT2D eigenvalue weighted by atomic mass is 32.2. The van der Waals surface area contributed by atoms with Crippen molar-refractivity contribution < 1.29 is 15.0 Å². The molecule has 0 spiro atoms. The van der Waals surface area contributed by atoms with Crippen molar-refractivity contribution in [2.24, 2.45) is 0 Å². The molecule has 4 nitrogen and oxygen atoms in total. The van der Waals surface area contributed by atoms with E-state index in [2.05, 4.69) is 0 Å². The SMILES string of the molecule is CSC(=CC(C)(O)Cc1cc2ccccc2n1C(=O)O)SC. The van der Waals surface area contributed by atoms with Gasteiger partial charge in [-0.05, 0) is 37.6 Å². The minimum Gasteiger partial charge on any atom is -0.464 e. The summed E-state index contributed by atoms with van der Waals surface area (Å²) >= 11 is 3.13. The molecule has 1 heterocycles. The van der Waals surface area contributed by atoms with E-state index in [4.69, 9.17) is 0 Å². The molecule has 0 fully saturated rings. The number of para-hydroxylation sites is 1. The lowest BCUT2D eigenvalue weighted by atomic mass is 10.0. The monoisotopic (exact) mass is 337 g/mol. The van der Waals surface area contributed by atoms with Gasteiger partial charge in [-0.1, -0.05) is 18.2 Å². The average Bonchev–Trinajstić information content (AvgIpc) is 2.81. The molecule has 6 heteroatoms. The highest BCUT2D eigenvalue weighted by Gasteiger charge is 2.24. The fourth-order valence-electron chi connectivity index (χ4n) is 2.44. The van der Waals surface area contributed by atoms with Crippen molar-refractivity contribution in [2.45, 2.75) is 18.9 Å². The van der Waals surface area contributed by atoms with E-state index in [-0.39, 0.29) is 6.42 Å². The van der Waals surface area contributed by atoms with Gasteiger partial charge in [0.05, 0.1) is 11.1 Å². The van der Waals surface area contributed by atoms with Crippen LogP contribution in [0.1, 0.15) is 12.6 Å². The number of hydrogen-bond acceptors (Lipinski definition) is 4. The molecule has 2 rings (SSSR count). The van der Waals surface area contributed by atoms with Crippen molar-refractivity contribution in [3.05, 3.63) is 46.3 Å². The number of benzene rings is 1. The molecule has 0 aliphatic heterocycles. The number of aromatic nitrogens is 1. The molecule has 22 heavy (non-hydrogen) atoms. The maximum absolute atomic E-state index is 11.6. The second-order valence-corrected chi connectivity index (χ2v) is 7.17. The molecule has 1 unspecified atom stereocenters. The van der Waals surface area contributed by atoms with Crippen LogP contribution in [0.25, 0.3) is 10.9 Å². The zero-order valence-corrected chi connectivity index (χ0v) is 14.4. The van der Waals surface area contributed by atoms with Gasteiger partial charge in [-0.2, -0.15) is 0 Å². The molecule has 0 aliphatic rings. The first kappa shape index (κ1) is 17.0. The summed E-state index contributed by atoms with van der Waals surface area (Å²) in [6.45, 7) is 1.70. The van der Waals surface area contributed by atoms with Gasteiger partial charge in [0.15, 0.2) is 0 Å². The minimum absolute atomic E-state index is 0.235. The van der Waals surface area contributed by atoms with Crippen LogP contribution in [0, 0.1) is 0 Å². The van der Waals surface area contributed by atoms with Gasteiger partial charge in [0, 0.05) is 21.7 Å². The van der Waals surface area contributed by atoms with Crippen molar-refractivity contribution in [1.82, 2.24) is 4.57 Å². The highest BCUT2D eigenvalue weighted by molar-refractivity contribution is 8.21. The summed E-state index contributed by atoms with van der Waals surface area (Å²) in [6.07, 6.45) is 4.88. The molecule has 118 valence electrons. The first-order valence-electron chi connectivity index (χ1n) is 6.74. The maximum Gasteiger partial charge on any atom is 0.416 e. The molecule has 1 atom stereocenters. The van der Waals surface area contributed by atoms with Crippen molar-refractivity contribution in [3.63, 3.8) is 0 Å². The van der Waals surface area contributed by atoms with Crippen LogP contribution >= 0.6 is 23.5 Å². The first-order valence-corrected chi connectivity index (χ1v) is 9.19. The van der Waals surface area contributed by atoms with Crippen LogP contribution < -0.4 is 0 Å². The molecule has 0 saturated heterocycles. The van der Waals surface area contributed by atoms with E-state index < -0.39 is 11.7 Å². The molecule has 2 aromatic rings. The fourth-order valence-corrected chi connectivity index (χ4v) is 3.85. The number of carboxylic acid groups (broad SMARTS) is 1. The standard InChI is InChI=1S/C16H19NO3S2/c1-16(20,10-14(21-2)22-3)9-12-8-11-6-4-5-7-13(11)17(12)15(18)19/h4-8,10,20H,9H2,1-3H3,(H,18,19). The minimum atomic E-state index is -1.11. The molecule has 1 aromatic heterocycles. The Bertz CT molecular complexity index is 713. The summed E-state index contributed by atoms with van der Waals surface area (Å²) in [4.78, 5) is 11.6. The number of hydrogen-bond donors (Lipinski definition) is 2. The van der Waals surface area contributed by atoms with E-state index in [1.54, 1.807) is 42.6 Å². The van der Waals surface area contributed by atoms with Gasteiger partial charge < -0.3 is 10.2 Å². The number of carbonyl (C=O) groups is 1. The Hall–Kier alpha value is -1.37. The highest BCUT2D eigenvalue weighted by Crippen LogP contribution is 2.29. The van der Waals surface area contributed by atoms with Crippen LogP contribution in [0.15, 0.2) is 40.6 Å². The topological polar surface area (TPSA) is 62.5 Å². The van der Waals surface area contributed by atoms with Crippen LogP contribution in [-0.4, -0.2) is 39.0 Å². The third-order valence-electron chi connectivity index (χ3n) is 3.35. The Balaban J connectivity index is 2.45. The van der Waals surface area contributed by atoms with E-state index in [0.29, 0.717) is 11.2 Å². The second-order valence-electron chi connectivity index (χ2n) is 5.22. The Morgan fingerprint density at radius 2 is 1.95 bits per heavy atom. The van der Waals surface area contributed by atoms with Crippen molar-refractivity contribution in [3.8, 4) is 0 Å². The molecule has 0 aliphatic carbocycles. The van der Waals surface area contributed by atoms with E-state index in [9.17, 15) is 15.0 Å². The Morgan fingerprint density at radius 3 is 2.55 bits per heavy atom. The number of fused-ring (bicyclic) bond motifs is 1. The zero-order valence-electron chi connectivity index (χ0n) is 12.7. The lowest BCUT2D eigenvalue weighted by Crippen LogP contribution is -2.27. The zero-order chi connectivity index (χ0) is 16.3. The molecule has 1 aromatic carbocycles. The van der Waals surface area contributed by atoms with E-state index in [0.717, 1.165) is 9.62 Å². The molecule has 0 amide bonds. The van der Waals surface area contributed by atoms with Crippen molar-refractivity contribution in [2.75, 3.05) is 12.5 Å². The van der Waals surface area contributed by atoms with Gasteiger partial charge in [0.2, 0.25) is 0 Å². The van der Waals surface area contributed by atoms with Crippen molar-refractivity contribution in [1.29, 1.82) is 0 Å². The smallest absolute Gasteiger partial charge is 0.416 e. The largest absolute Gasteiger partial charge is 0.464 e. The molecular weight excluding hydrogens is 318 g/mol. The summed E-state index contributed by atoms with van der Waals surface area (Å²) in [5.41, 5.74) is 0.111. The van der Waals surface area contributed by atoms with E-state index in [1.807, 2.05) is 36.8 Å². The summed E-state index contributed by atoms with van der Waals surface area (Å²) in [7, 11) is 0. The molecule has 2 N–H and O–H groups in total. The maximum atomic E-state index is 11.6. The summed E-state index contributed by atoms with van der Waals surface area (Å²) in [5.74, 6) is 0. The van der Waals surface area contributed by atoms with Gasteiger partial charge in [0.1, 0.15) is 0 Å². The third kappa shape index (κ3) is 3.69. The lowest BCUT2D eigenvalue weighted by molar-refractivity contribution is 0.110. The van der Waals surface area contributed by atoms with E-state index in [1.165, 1.54) is 4.57 Å². The predicted octanol–water partition coefficient (Wildman–Crippen LogP) is 4.03. The second kappa shape index (κ2) is 6.81. The first-order chi connectivity index (χ1) is 10.4. The number of thioether (sulfide) groups is 2. The molecular formula is C16H19NO3S2.